The molecule has 0 radical (unpaired) electrons. The summed E-state index contributed by atoms with van der Waals surface area (Å²) < 4.78 is 30.5. The Morgan fingerprint density at radius 2 is 2.16 bits per heavy atom. The summed E-state index contributed by atoms with van der Waals surface area (Å²) in [5.41, 5.74) is 2.69. The second-order valence-corrected chi connectivity index (χ2v) is 9.65. The van der Waals surface area contributed by atoms with Gasteiger partial charge in [0.2, 0.25) is 5.89 Å². The maximum Gasteiger partial charge on any atom is 0.277 e. The first-order chi connectivity index (χ1) is 11.7. The molecule has 25 heavy (non-hydrogen) atoms. The van der Waals surface area contributed by atoms with Gasteiger partial charge in [0.25, 0.3) is 5.22 Å². The number of nitrogens with zero attached hydrogens (tertiary/aromatic N) is 3. The fraction of sp³-hybridized carbons (Fsp3) is 0.562. The number of aryl methyl sites for hydroxylation is 1. The highest BCUT2D eigenvalue weighted by atomic mass is 32.2. The quantitative estimate of drug-likeness (QED) is 0.556. The van der Waals surface area contributed by atoms with Gasteiger partial charge in [0.15, 0.2) is 15.6 Å². The lowest BCUT2D eigenvalue weighted by Gasteiger charge is -2.02. The van der Waals surface area contributed by atoms with Crippen LogP contribution in [0.4, 0.5) is 0 Å². The lowest BCUT2D eigenvalue weighted by atomic mass is 10.1. The van der Waals surface area contributed by atoms with E-state index >= 15 is 0 Å². The zero-order chi connectivity index (χ0) is 18.2. The Bertz CT molecular complexity index is 899. The van der Waals surface area contributed by atoms with E-state index in [2.05, 4.69) is 10.2 Å². The number of carbonyl (C=O) groups is 1. The number of Topliss-reactive ketones (excluding diaryl/α,β-unsaturated/α-hetero) is 1. The summed E-state index contributed by atoms with van der Waals surface area (Å²) >= 11 is 1.21. The van der Waals surface area contributed by atoms with Crippen LogP contribution in [0.25, 0.3) is 0 Å². The van der Waals surface area contributed by atoms with Gasteiger partial charge >= 0.3 is 0 Å². The average molecular weight is 383 g/mol. The Hall–Kier alpha value is -1.61. The van der Waals surface area contributed by atoms with Crippen LogP contribution in [0, 0.1) is 19.8 Å². The molecule has 1 aliphatic rings. The standard InChI is InChI=1S/C16H21N3O4S2/c1-10-6-13(11(2)19(10)3)14(20)8-24-16-18-17-15(23-16)7-12-4-5-25(21,22)9-12/h6,12H,4-5,7-9H2,1-3H3/t12-/m1/s1. The Balaban J connectivity index is 1.56. The summed E-state index contributed by atoms with van der Waals surface area (Å²) in [5.74, 6) is 1.14. The van der Waals surface area contributed by atoms with E-state index in [4.69, 9.17) is 4.42 Å². The number of aromatic nitrogens is 3. The number of carbonyl (C=O) groups excluding carboxylic acids is 1. The fourth-order valence-electron chi connectivity index (χ4n) is 3.00. The second kappa shape index (κ2) is 6.95. The molecule has 0 spiro atoms. The molecule has 0 bridgehead atoms. The van der Waals surface area contributed by atoms with Crippen molar-refractivity contribution in [3.63, 3.8) is 0 Å². The van der Waals surface area contributed by atoms with Crippen molar-refractivity contribution >= 4 is 27.4 Å². The van der Waals surface area contributed by atoms with Crippen molar-refractivity contribution in [3.05, 3.63) is 28.9 Å². The van der Waals surface area contributed by atoms with E-state index in [9.17, 15) is 13.2 Å². The van der Waals surface area contributed by atoms with Crippen molar-refractivity contribution < 1.29 is 17.6 Å². The van der Waals surface area contributed by atoms with Crippen LogP contribution in [0.5, 0.6) is 0 Å². The molecule has 0 aliphatic carbocycles. The smallest absolute Gasteiger partial charge is 0.277 e. The van der Waals surface area contributed by atoms with Gasteiger partial charge < -0.3 is 8.98 Å². The first-order valence-electron chi connectivity index (χ1n) is 8.07. The Kier molecular flexibility index (Phi) is 5.06. The maximum absolute atomic E-state index is 12.4. The van der Waals surface area contributed by atoms with Gasteiger partial charge in [-0.2, -0.15) is 0 Å². The van der Waals surface area contributed by atoms with Crippen LogP contribution in [0.1, 0.15) is 34.1 Å². The van der Waals surface area contributed by atoms with Gasteiger partial charge in [-0.3, -0.25) is 4.79 Å². The Morgan fingerprint density at radius 3 is 2.76 bits per heavy atom. The molecule has 1 saturated heterocycles. The van der Waals surface area contributed by atoms with E-state index in [0.29, 0.717) is 29.5 Å². The van der Waals surface area contributed by atoms with Gasteiger partial charge in [-0.25, -0.2) is 8.42 Å². The minimum Gasteiger partial charge on any atom is -0.416 e. The lowest BCUT2D eigenvalue weighted by molar-refractivity contribution is 0.102. The van der Waals surface area contributed by atoms with Gasteiger partial charge in [-0.1, -0.05) is 11.8 Å². The normalized spacial score (nSPS) is 19.4. The molecule has 3 heterocycles. The molecule has 1 atom stereocenters. The molecule has 2 aromatic rings. The topological polar surface area (TPSA) is 95.1 Å². The van der Waals surface area contributed by atoms with Crippen LogP contribution in [0.15, 0.2) is 15.7 Å². The van der Waals surface area contributed by atoms with E-state index in [1.165, 1.54) is 11.8 Å². The van der Waals surface area contributed by atoms with Crippen LogP contribution >= 0.6 is 11.8 Å². The van der Waals surface area contributed by atoms with Crippen molar-refractivity contribution in [1.82, 2.24) is 14.8 Å². The molecule has 136 valence electrons. The SMILES string of the molecule is Cc1cc(C(=O)CSc2nnc(C[C@H]3CCS(=O)(=O)C3)o2)c(C)n1C. The largest absolute Gasteiger partial charge is 0.416 e. The van der Waals surface area contributed by atoms with Crippen molar-refractivity contribution in [3.8, 4) is 0 Å². The predicted octanol–water partition coefficient (Wildman–Crippen LogP) is 1.98. The number of thioether (sulfide) groups is 1. The molecule has 7 nitrogen and oxygen atoms in total. The van der Waals surface area contributed by atoms with E-state index in [1.54, 1.807) is 0 Å². The second-order valence-electron chi connectivity index (χ2n) is 6.49. The fourth-order valence-corrected chi connectivity index (χ4v) is 5.53. The van der Waals surface area contributed by atoms with E-state index < -0.39 is 9.84 Å². The first-order valence-corrected chi connectivity index (χ1v) is 10.9. The van der Waals surface area contributed by atoms with Crippen LogP contribution < -0.4 is 0 Å². The molecule has 1 fully saturated rings. The molecule has 2 aromatic heterocycles. The van der Waals surface area contributed by atoms with E-state index in [0.717, 1.165) is 11.4 Å². The average Bonchev–Trinajstić information content (AvgIpc) is 3.20. The van der Waals surface area contributed by atoms with Crippen molar-refractivity contribution in [2.45, 2.75) is 31.9 Å². The number of hydrogen-bond donors (Lipinski definition) is 0. The molecule has 0 aromatic carbocycles. The Morgan fingerprint density at radius 1 is 1.40 bits per heavy atom. The van der Waals surface area contributed by atoms with Gasteiger partial charge in [-0.05, 0) is 32.3 Å². The molecular weight excluding hydrogens is 362 g/mol. The predicted molar refractivity (Wildman–Crippen MR) is 94.7 cm³/mol. The highest BCUT2D eigenvalue weighted by molar-refractivity contribution is 7.99. The lowest BCUT2D eigenvalue weighted by Crippen LogP contribution is -2.07. The van der Waals surface area contributed by atoms with Crippen LogP contribution in [-0.2, 0) is 23.3 Å². The molecule has 0 unspecified atom stereocenters. The summed E-state index contributed by atoms with van der Waals surface area (Å²) in [6.07, 6.45) is 1.11. The monoisotopic (exact) mass is 383 g/mol. The molecule has 0 saturated carbocycles. The number of sulfone groups is 1. The number of rotatable bonds is 6. The highest BCUT2D eigenvalue weighted by Crippen LogP contribution is 2.25. The molecule has 0 amide bonds. The minimum atomic E-state index is -2.91. The Labute approximate surface area is 151 Å². The zero-order valence-corrected chi connectivity index (χ0v) is 16.1. The van der Waals surface area contributed by atoms with Gasteiger partial charge in [0.05, 0.1) is 17.3 Å². The molecule has 3 rings (SSSR count). The third kappa shape index (κ3) is 4.14. The molecular formula is C16H21N3O4S2. The van der Waals surface area contributed by atoms with Gasteiger partial charge in [0, 0.05) is 30.4 Å². The summed E-state index contributed by atoms with van der Waals surface area (Å²) in [5, 5.41) is 8.25. The van der Waals surface area contributed by atoms with Gasteiger partial charge in [-0.15, -0.1) is 10.2 Å². The third-order valence-corrected chi connectivity index (χ3v) is 7.30. The number of ketones is 1. The van der Waals surface area contributed by atoms with Crippen LogP contribution in [-0.4, -0.2) is 46.2 Å². The summed E-state index contributed by atoms with van der Waals surface area (Å²) in [6, 6.07) is 1.89. The van der Waals surface area contributed by atoms with E-state index in [-0.39, 0.29) is 29.0 Å². The van der Waals surface area contributed by atoms with Crippen LogP contribution in [0.2, 0.25) is 0 Å². The first kappa shape index (κ1) is 18.2. The van der Waals surface area contributed by atoms with Crippen molar-refractivity contribution in [2.75, 3.05) is 17.3 Å². The van der Waals surface area contributed by atoms with Gasteiger partial charge in [0.1, 0.15) is 0 Å². The molecule has 1 aliphatic heterocycles. The highest BCUT2D eigenvalue weighted by Gasteiger charge is 2.29. The summed E-state index contributed by atoms with van der Waals surface area (Å²) in [4.78, 5) is 12.4. The third-order valence-electron chi connectivity index (χ3n) is 4.64. The summed E-state index contributed by atoms with van der Waals surface area (Å²) in [6.45, 7) is 3.88. The van der Waals surface area contributed by atoms with E-state index in [1.807, 2.05) is 31.5 Å². The maximum atomic E-state index is 12.4. The zero-order valence-electron chi connectivity index (χ0n) is 14.5. The number of hydrogen-bond acceptors (Lipinski definition) is 7. The minimum absolute atomic E-state index is 0.0211. The van der Waals surface area contributed by atoms with Crippen molar-refractivity contribution in [2.24, 2.45) is 13.0 Å². The molecule has 0 N–H and O–H groups in total. The molecule has 9 heteroatoms. The van der Waals surface area contributed by atoms with Crippen LogP contribution in [0.3, 0.4) is 0 Å². The summed E-state index contributed by atoms with van der Waals surface area (Å²) in [7, 11) is -0.976. The van der Waals surface area contributed by atoms with Crippen molar-refractivity contribution in [1.29, 1.82) is 0 Å².